The van der Waals surface area contributed by atoms with Crippen LogP contribution in [-0.2, 0) is 0 Å². The first kappa shape index (κ1) is 7.65. The zero-order valence-corrected chi connectivity index (χ0v) is 7.58. The third kappa shape index (κ3) is 1.34. The molecule has 1 aromatic carbocycles. The van der Waals surface area contributed by atoms with Crippen LogP contribution < -0.4 is 0 Å². The zero-order chi connectivity index (χ0) is 7.72. The summed E-state index contributed by atoms with van der Waals surface area (Å²) in [6.07, 6.45) is 0. The van der Waals surface area contributed by atoms with Gasteiger partial charge in [-0.05, 0) is 47.2 Å². The molecule has 10 heavy (non-hydrogen) atoms. The Balaban J connectivity index is 3.31. The number of hydrogen-bond donors (Lipinski definition) is 2. The average Bonchev–Trinajstić information content (AvgIpc) is 1.82. The van der Waals surface area contributed by atoms with Crippen LogP contribution >= 0.6 is 22.6 Å². The number of aromatic hydroxyl groups is 2. The van der Waals surface area contributed by atoms with Crippen molar-refractivity contribution in [2.24, 2.45) is 0 Å². The van der Waals surface area contributed by atoms with Crippen molar-refractivity contribution in [1.82, 2.24) is 0 Å². The highest BCUT2D eigenvalue weighted by molar-refractivity contribution is 14.1. The Kier molecular flexibility index (Phi) is 2.03. The summed E-state index contributed by atoms with van der Waals surface area (Å²) in [6, 6.07) is 3.23. The molecule has 3 heteroatoms. The maximum absolute atomic E-state index is 9.11. The Morgan fingerprint density at radius 1 is 1.20 bits per heavy atom. The molecule has 0 radical (unpaired) electrons. The number of rotatable bonds is 0. The lowest BCUT2D eigenvalue weighted by atomic mass is 10.2. The highest BCUT2D eigenvalue weighted by atomic mass is 127. The molecule has 0 aliphatic rings. The molecular formula is C7H7IO2. The molecule has 54 valence electrons. The van der Waals surface area contributed by atoms with Gasteiger partial charge in [-0.25, -0.2) is 0 Å². The Morgan fingerprint density at radius 2 is 1.60 bits per heavy atom. The van der Waals surface area contributed by atoms with E-state index in [1.165, 1.54) is 0 Å². The fraction of sp³-hybridized carbons (Fsp3) is 0.143. The fourth-order valence-electron chi connectivity index (χ4n) is 0.731. The summed E-state index contributed by atoms with van der Waals surface area (Å²) in [7, 11) is 0. The first-order valence-electron chi connectivity index (χ1n) is 2.79. The second-order valence-electron chi connectivity index (χ2n) is 2.12. The molecule has 0 saturated heterocycles. The lowest BCUT2D eigenvalue weighted by molar-refractivity contribution is 0.443. The van der Waals surface area contributed by atoms with Gasteiger partial charge in [-0.2, -0.15) is 0 Å². The summed E-state index contributed by atoms with van der Waals surface area (Å²) in [5.41, 5.74) is 0.857. The highest BCUT2D eigenvalue weighted by Gasteiger charge is 2.02. The van der Waals surface area contributed by atoms with Crippen molar-refractivity contribution in [3.63, 3.8) is 0 Å². The van der Waals surface area contributed by atoms with Gasteiger partial charge in [0, 0.05) is 0 Å². The van der Waals surface area contributed by atoms with Gasteiger partial charge in [0.15, 0.2) is 0 Å². The van der Waals surface area contributed by atoms with E-state index >= 15 is 0 Å². The number of aryl methyl sites for hydroxylation is 1. The number of halogens is 1. The minimum atomic E-state index is 0.137. The minimum Gasteiger partial charge on any atom is -0.507 e. The van der Waals surface area contributed by atoms with Gasteiger partial charge in [0.1, 0.15) is 11.5 Å². The van der Waals surface area contributed by atoms with Crippen LogP contribution in [0.2, 0.25) is 0 Å². The van der Waals surface area contributed by atoms with E-state index in [-0.39, 0.29) is 11.5 Å². The van der Waals surface area contributed by atoms with E-state index in [0.717, 1.165) is 5.56 Å². The van der Waals surface area contributed by atoms with Crippen LogP contribution in [-0.4, -0.2) is 10.2 Å². The Hall–Kier alpha value is -0.450. The van der Waals surface area contributed by atoms with Crippen molar-refractivity contribution in [2.75, 3.05) is 0 Å². The van der Waals surface area contributed by atoms with Crippen molar-refractivity contribution in [3.05, 3.63) is 21.3 Å². The minimum absolute atomic E-state index is 0.137. The van der Waals surface area contributed by atoms with Crippen LogP contribution in [0.25, 0.3) is 0 Å². The SMILES string of the molecule is Cc1cc(O)c(I)c(O)c1. The smallest absolute Gasteiger partial charge is 0.132 e. The van der Waals surface area contributed by atoms with E-state index < -0.39 is 0 Å². The topological polar surface area (TPSA) is 40.5 Å². The molecule has 0 heterocycles. The van der Waals surface area contributed by atoms with Gasteiger partial charge in [0.25, 0.3) is 0 Å². The summed E-state index contributed by atoms with van der Waals surface area (Å²) in [4.78, 5) is 0. The molecule has 0 aromatic heterocycles. The van der Waals surface area contributed by atoms with Crippen LogP contribution in [0, 0.1) is 10.5 Å². The average molecular weight is 250 g/mol. The molecule has 0 saturated carbocycles. The largest absolute Gasteiger partial charge is 0.507 e. The predicted octanol–water partition coefficient (Wildman–Crippen LogP) is 2.01. The summed E-state index contributed by atoms with van der Waals surface area (Å²) >= 11 is 1.89. The lowest BCUT2D eigenvalue weighted by Gasteiger charge is -2.00. The van der Waals surface area contributed by atoms with Crippen LogP contribution in [0.1, 0.15) is 5.56 Å². The van der Waals surface area contributed by atoms with E-state index in [9.17, 15) is 0 Å². The first-order valence-corrected chi connectivity index (χ1v) is 3.87. The maximum atomic E-state index is 9.11. The van der Waals surface area contributed by atoms with Crippen molar-refractivity contribution >= 4 is 22.6 Å². The van der Waals surface area contributed by atoms with E-state index in [1.807, 2.05) is 29.5 Å². The first-order chi connectivity index (χ1) is 4.61. The molecule has 0 fully saturated rings. The predicted molar refractivity (Wildman–Crippen MR) is 47.2 cm³/mol. The summed E-state index contributed by atoms with van der Waals surface area (Å²) in [6.45, 7) is 1.82. The highest BCUT2D eigenvalue weighted by Crippen LogP contribution is 2.29. The molecule has 1 aromatic rings. The van der Waals surface area contributed by atoms with Crippen molar-refractivity contribution in [1.29, 1.82) is 0 Å². The number of benzene rings is 1. The fourth-order valence-corrected chi connectivity index (χ4v) is 1.04. The summed E-state index contributed by atoms with van der Waals surface area (Å²) in [5, 5.41) is 18.2. The van der Waals surface area contributed by atoms with Crippen LogP contribution in [0.15, 0.2) is 12.1 Å². The van der Waals surface area contributed by atoms with Gasteiger partial charge in [-0.15, -0.1) is 0 Å². The van der Waals surface area contributed by atoms with E-state index in [0.29, 0.717) is 3.57 Å². The van der Waals surface area contributed by atoms with Crippen molar-refractivity contribution in [2.45, 2.75) is 6.92 Å². The van der Waals surface area contributed by atoms with Crippen LogP contribution in [0.4, 0.5) is 0 Å². The second kappa shape index (κ2) is 2.65. The van der Waals surface area contributed by atoms with Gasteiger partial charge in [0.05, 0.1) is 3.57 Å². The normalized spacial score (nSPS) is 9.80. The zero-order valence-electron chi connectivity index (χ0n) is 5.43. The molecule has 0 aliphatic carbocycles. The van der Waals surface area contributed by atoms with Crippen molar-refractivity contribution in [3.8, 4) is 11.5 Å². The molecule has 2 N–H and O–H groups in total. The molecule has 0 aliphatic heterocycles. The Bertz CT molecular complexity index is 235. The number of phenols is 2. The molecule has 1 rings (SSSR count). The molecule has 0 unspecified atom stereocenters. The van der Waals surface area contributed by atoms with Gasteiger partial charge in [0.2, 0.25) is 0 Å². The second-order valence-corrected chi connectivity index (χ2v) is 3.20. The van der Waals surface area contributed by atoms with E-state index in [4.69, 9.17) is 10.2 Å². The molecule has 0 amide bonds. The Labute approximate surface area is 72.6 Å². The summed E-state index contributed by atoms with van der Waals surface area (Å²) < 4.78 is 0.503. The number of hydrogen-bond acceptors (Lipinski definition) is 2. The van der Waals surface area contributed by atoms with E-state index in [2.05, 4.69) is 0 Å². The molecule has 0 bridgehead atoms. The quantitative estimate of drug-likeness (QED) is 0.691. The molecule has 2 nitrogen and oxygen atoms in total. The van der Waals surface area contributed by atoms with Gasteiger partial charge >= 0.3 is 0 Å². The molecular weight excluding hydrogens is 243 g/mol. The van der Waals surface area contributed by atoms with Gasteiger partial charge < -0.3 is 10.2 Å². The monoisotopic (exact) mass is 250 g/mol. The van der Waals surface area contributed by atoms with Crippen LogP contribution in [0.5, 0.6) is 11.5 Å². The maximum Gasteiger partial charge on any atom is 0.132 e. The molecule has 0 atom stereocenters. The lowest BCUT2D eigenvalue weighted by Crippen LogP contribution is -1.77. The third-order valence-corrected chi connectivity index (χ3v) is 2.28. The molecule has 0 spiro atoms. The van der Waals surface area contributed by atoms with Crippen LogP contribution in [0.3, 0.4) is 0 Å². The van der Waals surface area contributed by atoms with Gasteiger partial charge in [-0.1, -0.05) is 0 Å². The Morgan fingerprint density at radius 3 is 2.00 bits per heavy atom. The van der Waals surface area contributed by atoms with E-state index in [1.54, 1.807) is 12.1 Å². The summed E-state index contributed by atoms with van der Waals surface area (Å²) in [5.74, 6) is 0.274. The van der Waals surface area contributed by atoms with Gasteiger partial charge in [-0.3, -0.25) is 0 Å². The number of phenolic OH excluding ortho intramolecular Hbond substituents is 2. The third-order valence-electron chi connectivity index (χ3n) is 1.18. The van der Waals surface area contributed by atoms with Crippen molar-refractivity contribution < 1.29 is 10.2 Å². The standard InChI is InChI=1S/C7H7IO2/c1-4-2-5(9)7(8)6(10)3-4/h2-3,9-10H,1H3.